The van der Waals surface area contributed by atoms with Gasteiger partial charge >= 0.3 is 0 Å². The highest BCUT2D eigenvalue weighted by Crippen LogP contribution is 2.32. The highest BCUT2D eigenvalue weighted by molar-refractivity contribution is 7.92. The van der Waals surface area contributed by atoms with Crippen LogP contribution in [0.25, 0.3) is 0 Å². The minimum absolute atomic E-state index is 0.117. The number of benzene rings is 1. The van der Waals surface area contributed by atoms with Gasteiger partial charge in [-0.2, -0.15) is 0 Å². The van der Waals surface area contributed by atoms with E-state index in [1.54, 1.807) is 30.3 Å². The molecule has 0 saturated carbocycles. The zero-order valence-corrected chi connectivity index (χ0v) is 11.4. The molecule has 96 valence electrons. The van der Waals surface area contributed by atoms with Crippen molar-refractivity contribution in [3.05, 3.63) is 30.3 Å². The van der Waals surface area contributed by atoms with Crippen molar-refractivity contribution in [1.82, 2.24) is 0 Å². The molecule has 0 radical (unpaired) electrons. The van der Waals surface area contributed by atoms with Crippen molar-refractivity contribution in [2.24, 2.45) is 5.41 Å². The van der Waals surface area contributed by atoms with Crippen LogP contribution in [0.2, 0.25) is 0 Å². The van der Waals surface area contributed by atoms with Gasteiger partial charge in [-0.15, -0.1) is 0 Å². The first kappa shape index (κ1) is 14.2. The molecule has 1 aromatic carbocycles. The summed E-state index contributed by atoms with van der Waals surface area (Å²) in [5.41, 5.74) is -0.391. The monoisotopic (exact) mass is 256 g/mol. The Bertz CT molecular complexity index is 443. The van der Waals surface area contributed by atoms with Crippen LogP contribution in [0.5, 0.6) is 0 Å². The second-order valence-electron chi connectivity index (χ2n) is 5.23. The molecule has 1 atom stereocenters. The fourth-order valence-corrected chi connectivity index (χ4v) is 4.16. The van der Waals surface area contributed by atoms with Crippen LogP contribution in [0.1, 0.15) is 27.2 Å². The van der Waals surface area contributed by atoms with Crippen molar-refractivity contribution in [2.75, 3.05) is 6.61 Å². The Morgan fingerprint density at radius 2 is 1.71 bits per heavy atom. The molecule has 0 aliphatic heterocycles. The molecule has 1 unspecified atom stereocenters. The van der Waals surface area contributed by atoms with E-state index >= 15 is 0 Å². The lowest BCUT2D eigenvalue weighted by Gasteiger charge is -2.29. The first-order valence-corrected chi connectivity index (χ1v) is 7.24. The summed E-state index contributed by atoms with van der Waals surface area (Å²) in [7, 11) is -3.38. The summed E-state index contributed by atoms with van der Waals surface area (Å²) < 4.78 is 24.9. The second kappa shape index (κ2) is 5.19. The number of aliphatic hydroxyl groups excluding tert-OH is 1. The lowest BCUT2D eigenvalue weighted by atomic mass is 9.90. The largest absolute Gasteiger partial charge is 0.396 e. The molecule has 0 aliphatic rings. The van der Waals surface area contributed by atoms with Crippen molar-refractivity contribution in [3.8, 4) is 0 Å². The summed E-state index contributed by atoms with van der Waals surface area (Å²) >= 11 is 0. The van der Waals surface area contributed by atoms with Gasteiger partial charge in [-0.1, -0.05) is 39.0 Å². The third-order valence-electron chi connectivity index (χ3n) is 2.80. The number of sulfone groups is 1. The zero-order valence-electron chi connectivity index (χ0n) is 10.6. The van der Waals surface area contributed by atoms with E-state index in [2.05, 4.69) is 0 Å². The van der Waals surface area contributed by atoms with Crippen LogP contribution in [0.3, 0.4) is 0 Å². The van der Waals surface area contributed by atoms with Gasteiger partial charge in [0.05, 0.1) is 10.1 Å². The smallest absolute Gasteiger partial charge is 0.181 e. The van der Waals surface area contributed by atoms with E-state index in [1.165, 1.54) is 0 Å². The maximum absolute atomic E-state index is 12.5. The molecule has 1 N–H and O–H groups in total. The molecule has 0 saturated heterocycles. The van der Waals surface area contributed by atoms with Crippen LogP contribution < -0.4 is 0 Å². The normalized spacial score (nSPS) is 14.6. The van der Waals surface area contributed by atoms with Gasteiger partial charge in [-0.25, -0.2) is 8.42 Å². The van der Waals surface area contributed by atoms with Gasteiger partial charge in [-0.3, -0.25) is 0 Å². The summed E-state index contributed by atoms with van der Waals surface area (Å²) in [6.45, 7) is 5.53. The van der Waals surface area contributed by atoms with Gasteiger partial charge < -0.3 is 5.11 Å². The summed E-state index contributed by atoms with van der Waals surface area (Å²) in [5, 5.41) is 8.48. The molecule has 0 aliphatic carbocycles. The molecule has 3 nitrogen and oxygen atoms in total. The van der Waals surface area contributed by atoms with Crippen molar-refractivity contribution in [3.63, 3.8) is 0 Å². The average molecular weight is 256 g/mol. The molecule has 0 bridgehead atoms. The van der Waals surface area contributed by atoms with Crippen LogP contribution in [-0.4, -0.2) is 25.4 Å². The number of rotatable bonds is 4. The van der Waals surface area contributed by atoms with E-state index in [0.29, 0.717) is 4.90 Å². The fourth-order valence-electron chi connectivity index (χ4n) is 1.95. The zero-order chi connectivity index (χ0) is 13.1. The van der Waals surface area contributed by atoms with Gasteiger partial charge in [0.15, 0.2) is 9.84 Å². The van der Waals surface area contributed by atoms with Crippen molar-refractivity contribution < 1.29 is 13.5 Å². The lowest BCUT2D eigenvalue weighted by Crippen LogP contribution is -2.35. The Morgan fingerprint density at radius 1 is 1.18 bits per heavy atom. The molecule has 1 rings (SSSR count). The number of hydrogen-bond acceptors (Lipinski definition) is 3. The van der Waals surface area contributed by atoms with Crippen LogP contribution >= 0.6 is 0 Å². The maximum Gasteiger partial charge on any atom is 0.181 e. The first-order valence-electron chi connectivity index (χ1n) is 5.70. The van der Waals surface area contributed by atoms with E-state index in [0.717, 1.165) is 0 Å². The molecule has 17 heavy (non-hydrogen) atoms. The summed E-state index contributed by atoms with van der Waals surface area (Å²) in [6.07, 6.45) is 0.265. The summed E-state index contributed by atoms with van der Waals surface area (Å²) in [4.78, 5) is 0.327. The number of hydrogen-bond donors (Lipinski definition) is 1. The Morgan fingerprint density at radius 3 is 2.12 bits per heavy atom. The minimum Gasteiger partial charge on any atom is -0.396 e. The van der Waals surface area contributed by atoms with E-state index in [1.807, 2.05) is 20.8 Å². The molecule has 0 spiro atoms. The SMILES string of the molecule is CC(C)(C)C(CCO)S(=O)(=O)c1ccccc1. The van der Waals surface area contributed by atoms with Crippen LogP contribution in [0.4, 0.5) is 0 Å². The highest BCUT2D eigenvalue weighted by atomic mass is 32.2. The summed E-state index contributed by atoms with van der Waals surface area (Å²) in [5.74, 6) is 0. The van der Waals surface area contributed by atoms with Crippen molar-refractivity contribution >= 4 is 9.84 Å². The van der Waals surface area contributed by atoms with Crippen molar-refractivity contribution in [1.29, 1.82) is 0 Å². The van der Waals surface area contributed by atoms with E-state index in [4.69, 9.17) is 5.11 Å². The molecule has 0 heterocycles. The minimum atomic E-state index is -3.38. The van der Waals surface area contributed by atoms with E-state index in [-0.39, 0.29) is 13.0 Å². The van der Waals surface area contributed by atoms with E-state index in [9.17, 15) is 8.42 Å². The van der Waals surface area contributed by atoms with Gasteiger partial charge in [0.2, 0.25) is 0 Å². The van der Waals surface area contributed by atoms with Gasteiger partial charge in [0.25, 0.3) is 0 Å². The van der Waals surface area contributed by atoms with Crippen LogP contribution in [0, 0.1) is 5.41 Å². The van der Waals surface area contributed by atoms with Gasteiger partial charge in [0, 0.05) is 6.61 Å². The first-order chi connectivity index (χ1) is 7.80. The quantitative estimate of drug-likeness (QED) is 0.899. The molecule has 0 amide bonds. The van der Waals surface area contributed by atoms with Crippen molar-refractivity contribution in [2.45, 2.75) is 37.3 Å². The molecule has 4 heteroatoms. The fraction of sp³-hybridized carbons (Fsp3) is 0.538. The van der Waals surface area contributed by atoms with Crippen LogP contribution in [-0.2, 0) is 9.84 Å². The highest BCUT2D eigenvalue weighted by Gasteiger charge is 2.36. The second-order valence-corrected chi connectivity index (χ2v) is 7.36. The summed E-state index contributed by atoms with van der Waals surface area (Å²) in [6, 6.07) is 8.42. The predicted molar refractivity (Wildman–Crippen MR) is 68.6 cm³/mol. The lowest BCUT2D eigenvalue weighted by molar-refractivity contribution is 0.253. The third-order valence-corrected chi connectivity index (χ3v) is 5.42. The Hall–Kier alpha value is -0.870. The maximum atomic E-state index is 12.5. The van der Waals surface area contributed by atoms with Gasteiger partial charge in [-0.05, 0) is 24.0 Å². The molecular weight excluding hydrogens is 236 g/mol. The Balaban J connectivity index is 3.19. The molecule has 0 aromatic heterocycles. The van der Waals surface area contributed by atoms with E-state index < -0.39 is 20.5 Å². The number of aliphatic hydroxyl groups is 1. The molecular formula is C13H20O3S. The average Bonchev–Trinajstić information content (AvgIpc) is 2.25. The predicted octanol–water partition coefficient (Wildman–Crippen LogP) is 2.26. The Labute approximate surface area is 103 Å². The molecule has 1 aromatic rings. The van der Waals surface area contributed by atoms with Gasteiger partial charge in [0.1, 0.15) is 0 Å². The standard InChI is InChI=1S/C13H20O3S/c1-13(2,3)12(9-10-14)17(15,16)11-7-5-4-6-8-11/h4-8,12,14H,9-10H2,1-3H3. The topological polar surface area (TPSA) is 54.4 Å². The van der Waals surface area contributed by atoms with Crippen LogP contribution in [0.15, 0.2) is 35.2 Å². The molecule has 0 fully saturated rings. The third kappa shape index (κ3) is 3.30. The Kier molecular flexibility index (Phi) is 4.33.